The maximum atomic E-state index is 13.1. The summed E-state index contributed by atoms with van der Waals surface area (Å²) in [5.41, 5.74) is 0. The summed E-state index contributed by atoms with van der Waals surface area (Å²) in [5.74, 6) is 0.457. The Kier molecular flexibility index (Phi) is 3.96. The van der Waals surface area contributed by atoms with Crippen LogP contribution in [0, 0.1) is 0 Å². The second kappa shape index (κ2) is 5.76. The van der Waals surface area contributed by atoms with Gasteiger partial charge in [0.1, 0.15) is 23.2 Å². The number of ether oxygens (including phenoxy) is 1. The molecule has 120 valence electrons. The molecule has 0 aliphatic carbocycles. The topological polar surface area (TPSA) is 92.7 Å². The number of aromatic nitrogens is 2. The van der Waals surface area contributed by atoms with Gasteiger partial charge < -0.3 is 9.64 Å². The number of hydrogen-bond donors (Lipinski definition) is 0. The first-order valence-corrected chi connectivity index (χ1v) is 8.28. The normalized spacial score (nSPS) is 23.1. The van der Waals surface area contributed by atoms with Crippen LogP contribution in [0.25, 0.3) is 0 Å². The van der Waals surface area contributed by atoms with Crippen LogP contribution in [0.2, 0.25) is 0 Å². The minimum absolute atomic E-state index is 0.225. The number of halogens is 1. The smallest absolute Gasteiger partial charge is 0.307 e. The average molecular weight is 330 g/mol. The van der Waals surface area contributed by atoms with Crippen molar-refractivity contribution in [1.29, 1.82) is 0 Å². The van der Waals surface area contributed by atoms with Crippen LogP contribution >= 0.6 is 0 Å². The van der Waals surface area contributed by atoms with Gasteiger partial charge in [0.05, 0.1) is 13.2 Å². The lowest BCUT2D eigenvalue weighted by Gasteiger charge is -2.28. The first-order chi connectivity index (χ1) is 10.4. The Morgan fingerprint density at radius 2 is 1.91 bits per heavy atom. The van der Waals surface area contributed by atoms with Crippen molar-refractivity contribution >= 4 is 27.8 Å². The maximum absolute atomic E-state index is 13.1. The van der Waals surface area contributed by atoms with Gasteiger partial charge in [0.15, 0.2) is 0 Å². The molecule has 2 fully saturated rings. The Labute approximate surface area is 127 Å². The van der Waals surface area contributed by atoms with E-state index in [1.54, 1.807) is 6.07 Å². The number of morpholine rings is 1. The van der Waals surface area contributed by atoms with E-state index in [1.165, 1.54) is 11.2 Å². The third-order valence-electron chi connectivity index (χ3n) is 3.74. The molecule has 0 radical (unpaired) electrons. The fraction of sp³-hybridized carbons (Fsp3) is 0.583. The molecule has 3 rings (SSSR count). The SMILES string of the molecule is O=C1CC(S(=O)(=O)F)CN1c1cc(N2CCOCC2)ncn1. The van der Waals surface area contributed by atoms with E-state index in [1.807, 2.05) is 4.90 Å². The number of carbonyl (C=O) groups excluding carboxylic acids is 1. The third-order valence-corrected chi connectivity index (χ3v) is 4.85. The van der Waals surface area contributed by atoms with Gasteiger partial charge in [-0.3, -0.25) is 9.69 Å². The highest BCUT2D eigenvalue weighted by Gasteiger charge is 2.39. The van der Waals surface area contributed by atoms with Crippen LogP contribution in [0.3, 0.4) is 0 Å². The Hall–Kier alpha value is -1.81. The molecule has 2 aliphatic heterocycles. The van der Waals surface area contributed by atoms with Gasteiger partial charge in [-0.05, 0) is 0 Å². The number of anilines is 2. The van der Waals surface area contributed by atoms with Crippen molar-refractivity contribution < 1.29 is 21.8 Å². The van der Waals surface area contributed by atoms with Crippen molar-refractivity contribution in [2.45, 2.75) is 11.7 Å². The van der Waals surface area contributed by atoms with Crippen molar-refractivity contribution in [3.05, 3.63) is 12.4 Å². The maximum Gasteiger partial charge on any atom is 0.307 e. The minimum Gasteiger partial charge on any atom is -0.378 e. The molecule has 0 N–H and O–H groups in total. The Morgan fingerprint density at radius 3 is 2.55 bits per heavy atom. The summed E-state index contributed by atoms with van der Waals surface area (Å²) in [5, 5.41) is -1.33. The summed E-state index contributed by atoms with van der Waals surface area (Å²) < 4.78 is 40.3. The van der Waals surface area contributed by atoms with Crippen LogP contribution in [-0.4, -0.2) is 62.4 Å². The molecule has 8 nitrogen and oxygen atoms in total. The zero-order valence-electron chi connectivity index (χ0n) is 11.7. The summed E-state index contributed by atoms with van der Waals surface area (Å²) in [6, 6.07) is 1.61. The zero-order valence-corrected chi connectivity index (χ0v) is 12.5. The molecular formula is C12H15FN4O4S. The van der Waals surface area contributed by atoms with Gasteiger partial charge in [0, 0.05) is 32.1 Å². The predicted octanol–water partition coefficient (Wildman–Crippen LogP) is -0.282. The quantitative estimate of drug-likeness (QED) is 0.704. The van der Waals surface area contributed by atoms with E-state index in [9.17, 15) is 17.1 Å². The first kappa shape index (κ1) is 15.1. The van der Waals surface area contributed by atoms with Gasteiger partial charge >= 0.3 is 10.2 Å². The Morgan fingerprint density at radius 1 is 1.23 bits per heavy atom. The van der Waals surface area contributed by atoms with Gasteiger partial charge in [-0.1, -0.05) is 0 Å². The van der Waals surface area contributed by atoms with Crippen LogP contribution in [0.4, 0.5) is 15.5 Å². The fourth-order valence-electron chi connectivity index (χ4n) is 2.53. The molecule has 2 saturated heterocycles. The number of amides is 1. The molecule has 1 amide bonds. The average Bonchev–Trinajstić information content (AvgIpc) is 2.90. The molecule has 22 heavy (non-hydrogen) atoms. The molecule has 1 atom stereocenters. The number of rotatable bonds is 3. The van der Waals surface area contributed by atoms with Crippen molar-refractivity contribution in [2.75, 3.05) is 42.6 Å². The summed E-state index contributed by atoms with van der Waals surface area (Å²) >= 11 is 0. The van der Waals surface area contributed by atoms with Gasteiger partial charge in [0.2, 0.25) is 5.91 Å². The second-order valence-electron chi connectivity index (χ2n) is 5.14. The molecule has 1 aromatic rings. The van der Waals surface area contributed by atoms with E-state index in [0.29, 0.717) is 32.1 Å². The van der Waals surface area contributed by atoms with E-state index < -0.39 is 21.4 Å². The molecule has 0 saturated carbocycles. The van der Waals surface area contributed by atoms with Gasteiger partial charge in [-0.15, -0.1) is 3.89 Å². The number of nitrogens with zero attached hydrogens (tertiary/aromatic N) is 4. The highest BCUT2D eigenvalue weighted by molar-refractivity contribution is 7.87. The summed E-state index contributed by atoms with van der Waals surface area (Å²) in [7, 11) is -4.74. The van der Waals surface area contributed by atoms with Crippen molar-refractivity contribution in [1.82, 2.24) is 9.97 Å². The molecular weight excluding hydrogens is 315 g/mol. The highest BCUT2D eigenvalue weighted by Crippen LogP contribution is 2.26. The van der Waals surface area contributed by atoms with Crippen molar-refractivity contribution in [3.8, 4) is 0 Å². The van der Waals surface area contributed by atoms with Crippen LogP contribution < -0.4 is 9.80 Å². The molecule has 3 heterocycles. The predicted molar refractivity (Wildman–Crippen MR) is 75.8 cm³/mol. The fourth-order valence-corrected chi connectivity index (χ4v) is 3.20. The van der Waals surface area contributed by atoms with E-state index in [2.05, 4.69) is 9.97 Å². The summed E-state index contributed by atoms with van der Waals surface area (Å²) in [6.07, 6.45) is 0.945. The van der Waals surface area contributed by atoms with Crippen LogP contribution in [0.1, 0.15) is 6.42 Å². The van der Waals surface area contributed by atoms with E-state index in [4.69, 9.17) is 4.74 Å². The van der Waals surface area contributed by atoms with Gasteiger partial charge in [-0.2, -0.15) is 8.42 Å². The third kappa shape index (κ3) is 3.02. The lowest BCUT2D eigenvalue weighted by atomic mass is 10.4. The highest BCUT2D eigenvalue weighted by atomic mass is 32.3. The largest absolute Gasteiger partial charge is 0.378 e. The Bertz CT molecular complexity index is 677. The lowest BCUT2D eigenvalue weighted by Crippen LogP contribution is -2.37. The molecule has 0 aromatic carbocycles. The summed E-state index contributed by atoms with van der Waals surface area (Å²) in [6.45, 7) is 2.29. The molecule has 10 heteroatoms. The van der Waals surface area contributed by atoms with Gasteiger partial charge in [0.25, 0.3) is 0 Å². The van der Waals surface area contributed by atoms with Crippen molar-refractivity contribution in [2.24, 2.45) is 0 Å². The van der Waals surface area contributed by atoms with Gasteiger partial charge in [-0.25, -0.2) is 9.97 Å². The van der Waals surface area contributed by atoms with Crippen molar-refractivity contribution in [3.63, 3.8) is 0 Å². The lowest BCUT2D eigenvalue weighted by molar-refractivity contribution is -0.117. The zero-order chi connectivity index (χ0) is 15.7. The van der Waals surface area contributed by atoms with Crippen LogP contribution in [0.15, 0.2) is 12.4 Å². The van der Waals surface area contributed by atoms with E-state index in [0.717, 1.165) is 0 Å². The van der Waals surface area contributed by atoms with E-state index >= 15 is 0 Å². The van der Waals surface area contributed by atoms with Crippen LogP contribution in [-0.2, 0) is 19.8 Å². The van der Waals surface area contributed by atoms with E-state index in [-0.39, 0.29) is 18.8 Å². The standard InChI is InChI=1S/C12H15FN4O4S/c13-22(19,20)9-5-12(18)17(7-9)11-6-10(14-8-15-11)16-1-3-21-4-2-16/h6,8-9H,1-5,7H2. The minimum atomic E-state index is -4.74. The molecule has 0 bridgehead atoms. The number of hydrogen-bond acceptors (Lipinski definition) is 7. The summed E-state index contributed by atoms with van der Waals surface area (Å²) in [4.78, 5) is 23.3. The molecule has 1 aromatic heterocycles. The van der Waals surface area contributed by atoms with Crippen LogP contribution in [0.5, 0.6) is 0 Å². The molecule has 1 unspecified atom stereocenters. The molecule has 0 spiro atoms. The monoisotopic (exact) mass is 330 g/mol. The number of carbonyl (C=O) groups is 1. The Balaban J connectivity index is 1.81. The molecule has 2 aliphatic rings. The second-order valence-corrected chi connectivity index (χ2v) is 6.76. The first-order valence-electron chi connectivity index (χ1n) is 6.84.